The zero-order valence-corrected chi connectivity index (χ0v) is 18.9. The van der Waals surface area contributed by atoms with Crippen molar-refractivity contribution >= 4 is 15.9 Å². The third kappa shape index (κ3) is 5.77. The van der Waals surface area contributed by atoms with E-state index in [1.807, 2.05) is 24.3 Å². The Kier molecular flexibility index (Phi) is 7.92. The van der Waals surface area contributed by atoms with Crippen LogP contribution in [0.1, 0.15) is 24.8 Å². The molecule has 1 atom stereocenters. The lowest BCUT2D eigenvalue weighted by Gasteiger charge is -2.31. The number of nitrogens with zero attached hydrogens (tertiary/aromatic N) is 1. The van der Waals surface area contributed by atoms with Crippen molar-refractivity contribution in [1.29, 1.82) is 0 Å². The second kappa shape index (κ2) is 10.6. The minimum Gasteiger partial charge on any atom is -0.497 e. The fourth-order valence-electron chi connectivity index (χ4n) is 3.82. The molecule has 1 heterocycles. The van der Waals surface area contributed by atoms with Crippen LogP contribution in [-0.4, -0.2) is 52.5 Å². The molecule has 1 saturated heterocycles. The Morgan fingerprint density at radius 2 is 1.84 bits per heavy atom. The summed E-state index contributed by atoms with van der Waals surface area (Å²) in [5.41, 5.74) is 1.11. The molecule has 0 aliphatic carbocycles. The highest BCUT2D eigenvalue weighted by molar-refractivity contribution is 7.89. The molecule has 8 heteroatoms. The van der Waals surface area contributed by atoms with Crippen molar-refractivity contribution in [3.8, 4) is 11.5 Å². The van der Waals surface area contributed by atoms with Crippen LogP contribution in [0.25, 0.3) is 0 Å². The highest BCUT2D eigenvalue weighted by Gasteiger charge is 2.33. The summed E-state index contributed by atoms with van der Waals surface area (Å²) in [6, 6.07) is 14.2. The summed E-state index contributed by atoms with van der Waals surface area (Å²) in [6.07, 6.45) is 2.93. The molecule has 3 rings (SSSR count). The topological polar surface area (TPSA) is 84.9 Å². The number of benzene rings is 2. The molecule has 0 spiro atoms. The van der Waals surface area contributed by atoms with Crippen LogP contribution >= 0.6 is 0 Å². The van der Waals surface area contributed by atoms with Gasteiger partial charge in [0.25, 0.3) is 0 Å². The monoisotopic (exact) mass is 446 g/mol. The molecule has 31 heavy (non-hydrogen) atoms. The van der Waals surface area contributed by atoms with Gasteiger partial charge in [-0.15, -0.1) is 0 Å². The maximum absolute atomic E-state index is 13.0. The fraction of sp³-hybridized carbons (Fsp3) is 0.435. The highest BCUT2D eigenvalue weighted by Crippen LogP contribution is 2.25. The number of amides is 1. The van der Waals surface area contributed by atoms with Crippen molar-refractivity contribution in [2.24, 2.45) is 5.92 Å². The van der Waals surface area contributed by atoms with E-state index in [-0.39, 0.29) is 23.3 Å². The Morgan fingerprint density at radius 1 is 1.10 bits per heavy atom. The second-order valence-corrected chi connectivity index (χ2v) is 9.52. The smallest absolute Gasteiger partial charge is 0.243 e. The molecule has 0 radical (unpaired) electrons. The van der Waals surface area contributed by atoms with Gasteiger partial charge in [-0.1, -0.05) is 18.2 Å². The largest absolute Gasteiger partial charge is 0.497 e. The summed E-state index contributed by atoms with van der Waals surface area (Å²) in [5, 5.41) is 2.97. The third-order valence-electron chi connectivity index (χ3n) is 5.57. The van der Waals surface area contributed by atoms with E-state index in [4.69, 9.17) is 9.47 Å². The van der Waals surface area contributed by atoms with Gasteiger partial charge in [0.1, 0.15) is 11.5 Å². The molecule has 7 nitrogen and oxygen atoms in total. The van der Waals surface area contributed by atoms with Crippen LogP contribution in [0.15, 0.2) is 53.4 Å². The minimum absolute atomic E-state index is 0.0883. The Balaban J connectivity index is 1.52. The van der Waals surface area contributed by atoms with Crippen molar-refractivity contribution in [2.75, 3.05) is 33.9 Å². The fourth-order valence-corrected chi connectivity index (χ4v) is 5.34. The average molecular weight is 447 g/mol. The summed E-state index contributed by atoms with van der Waals surface area (Å²) in [7, 11) is -0.455. The van der Waals surface area contributed by atoms with E-state index in [1.54, 1.807) is 19.2 Å². The first-order chi connectivity index (χ1) is 15.0. The number of carbonyl (C=O) groups is 1. The molecule has 0 unspecified atom stereocenters. The molecule has 1 amide bonds. The number of ether oxygens (including phenoxy) is 2. The van der Waals surface area contributed by atoms with Crippen molar-refractivity contribution in [2.45, 2.75) is 30.6 Å². The van der Waals surface area contributed by atoms with Crippen LogP contribution in [0.3, 0.4) is 0 Å². The van der Waals surface area contributed by atoms with Gasteiger partial charge in [0.15, 0.2) is 0 Å². The number of nitrogens with one attached hydrogen (secondary N) is 1. The zero-order chi connectivity index (χ0) is 22.3. The highest BCUT2D eigenvalue weighted by atomic mass is 32.2. The number of hydrogen-bond donors (Lipinski definition) is 1. The van der Waals surface area contributed by atoms with Gasteiger partial charge in [-0.2, -0.15) is 4.31 Å². The van der Waals surface area contributed by atoms with E-state index >= 15 is 0 Å². The van der Waals surface area contributed by atoms with Crippen LogP contribution in [0, 0.1) is 5.92 Å². The van der Waals surface area contributed by atoms with Gasteiger partial charge in [0.2, 0.25) is 15.9 Å². The van der Waals surface area contributed by atoms with Crippen molar-refractivity contribution < 1.29 is 22.7 Å². The molecular weight excluding hydrogens is 416 g/mol. The molecule has 1 aliphatic heterocycles. The molecule has 1 aliphatic rings. The van der Waals surface area contributed by atoms with Crippen molar-refractivity contribution in [3.63, 3.8) is 0 Å². The second-order valence-electron chi connectivity index (χ2n) is 7.58. The predicted molar refractivity (Wildman–Crippen MR) is 119 cm³/mol. The van der Waals surface area contributed by atoms with Crippen LogP contribution in [0.4, 0.5) is 0 Å². The zero-order valence-electron chi connectivity index (χ0n) is 18.0. The maximum atomic E-state index is 13.0. The minimum atomic E-state index is -3.64. The Bertz CT molecular complexity index is 976. The van der Waals surface area contributed by atoms with Crippen molar-refractivity contribution in [1.82, 2.24) is 9.62 Å². The quantitative estimate of drug-likeness (QED) is 0.599. The molecule has 2 aromatic carbocycles. The molecule has 168 valence electrons. The number of aryl methyl sites for hydroxylation is 1. The van der Waals surface area contributed by atoms with E-state index < -0.39 is 10.0 Å². The number of methoxy groups -OCH3 is 2. The Labute approximate surface area is 184 Å². The van der Waals surface area contributed by atoms with Crippen molar-refractivity contribution in [3.05, 3.63) is 54.1 Å². The number of piperidine rings is 1. The van der Waals surface area contributed by atoms with Crippen LogP contribution in [0.5, 0.6) is 11.5 Å². The molecule has 0 bridgehead atoms. The average Bonchev–Trinajstić information content (AvgIpc) is 2.82. The molecule has 1 N–H and O–H groups in total. The number of para-hydroxylation sites is 1. The first-order valence-corrected chi connectivity index (χ1v) is 11.9. The van der Waals surface area contributed by atoms with Crippen LogP contribution in [0.2, 0.25) is 0 Å². The van der Waals surface area contributed by atoms with E-state index in [0.717, 1.165) is 24.2 Å². The summed E-state index contributed by atoms with van der Waals surface area (Å²) in [4.78, 5) is 12.9. The Hall–Kier alpha value is -2.58. The summed E-state index contributed by atoms with van der Waals surface area (Å²) >= 11 is 0. The van der Waals surface area contributed by atoms with Gasteiger partial charge in [-0.3, -0.25) is 4.79 Å². The van der Waals surface area contributed by atoms with Gasteiger partial charge in [-0.05, 0) is 61.6 Å². The number of sulfonamides is 1. The first-order valence-electron chi connectivity index (χ1n) is 10.5. The molecule has 0 saturated carbocycles. The van der Waals surface area contributed by atoms with E-state index in [9.17, 15) is 13.2 Å². The van der Waals surface area contributed by atoms with Gasteiger partial charge in [0.05, 0.1) is 25.0 Å². The summed E-state index contributed by atoms with van der Waals surface area (Å²) in [5.74, 6) is 1.02. The van der Waals surface area contributed by atoms with Gasteiger partial charge >= 0.3 is 0 Å². The van der Waals surface area contributed by atoms with E-state index in [0.29, 0.717) is 31.7 Å². The molecule has 2 aromatic rings. The number of carbonyl (C=O) groups excluding carboxylic acids is 1. The maximum Gasteiger partial charge on any atom is 0.243 e. The lowest BCUT2D eigenvalue weighted by atomic mass is 9.99. The predicted octanol–water partition coefficient (Wildman–Crippen LogP) is 2.85. The van der Waals surface area contributed by atoms with Crippen LogP contribution in [-0.2, 0) is 21.2 Å². The van der Waals surface area contributed by atoms with E-state index in [2.05, 4.69) is 5.32 Å². The molecular formula is C23H30N2O5S. The third-order valence-corrected chi connectivity index (χ3v) is 7.45. The number of hydrogen-bond acceptors (Lipinski definition) is 5. The first kappa shape index (κ1) is 23.1. The lowest BCUT2D eigenvalue weighted by Crippen LogP contribution is -2.45. The normalized spacial score (nSPS) is 17.2. The van der Waals surface area contributed by atoms with Gasteiger partial charge in [0, 0.05) is 19.6 Å². The Morgan fingerprint density at radius 3 is 2.55 bits per heavy atom. The molecule has 1 fully saturated rings. The lowest BCUT2D eigenvalue weighted by molar-refractivity contribution is -0.126. The van der Waals surface area contributed by atoms with Gasteiger partial charge in [-0.25, -0.2) is 8.42 Å². The SMILES string of the molecule is COc1ccc(S(=O)(=O)N2CCC[C@@H](C(=O)NCCCc3ccccc3OC)C2)cc1. The van der Waals surface area contributed by atoms with Gasteiger partial charge < -0.3 is 14.8 Å². The standard InChI is InChI=1S/C23H30N2O5S/c1-29-20-11-13-21(14-12-20)31(27,28)25-16-6-9-19(17-25)23(26)24-15-5-8-18-7-3-4-10-22(18)30-2/h3-4,7,10-14,19H,5-6,8-9,15-17H2,1-2H3,(H,24,26)/t19-/m1/s1. The summed E-state index contributed by atoms with van der Waals surface area (Å²) < 4.78 is 37.8. The van der Waals surface area contributed by atoms with Crippen LogP contribution < -0.4 is 14.8 Å². The molecule has 0 aromatic heterocycles. The summed E-state index contributed by atoms with van der Waals surface area (Å²) in [6.45, 7) is 1.16. The number of rotatable bonds is 9. The van der Waals surface area contributed by atoms with E-state index in [1.165, 1.54) is 23.5 Å².